The Labute approximate surface area is 283 Å². The van der Waals surface area contributed by atoms with E-state index in [9.17, 15) is 0 Å². The number of aromatic nitrogens is 2. The number of nitrogens with zero attached hydrogens (tertiary/aromatic N) is 2. The van der Waals surface area contributed by atoms with Crippen LogP contribution >= 0.6 is 0 Å². The molecule has 5 aliphatic heterocycles. The Hall–Kier alpha value is -5.56. The molecule has 0 amide bonds. The van der Waals surface area contributed by atoms with E-state index in [-0.39, 0.29) is 0 Å². The summed E-state index contributed by atoms with van der Waals surface area (Å²) in [6.45, 7) is 3.14. The first-order chi connectivity index (χ1) is 24.3. The summed E-state index contributed by atoms with van der Waals surface area (Å²) in [5.74, 6) is 1.69. The summed E-state index contributed by atoms with van der Waals surface area (Å²) in [5.41, 5.74) is 11.3. The summed E-state index contributed by atoms with van der Waals surface area (Å²) in [5, 5.41) is 4.80. The van der Waals surface area contributed by atoms with E-state index in [2.05, 4.69) is 130 Å². The highest BCUT2D eigenvalue weighted by molar-refractivity contribution is 6.11. The maximum atomic E-state index is 6.68. The fourth-order valence-electron chi connectivity index (χ4n) is 7.70. The Kier molecular flexibility index (Phi) is 6.71. The van der Waals surface area contributed by atoms with Crippen molar-refractivity contribution in [1.29, 1.82) is 0 Å². The van der Waals surface area contributed by atoms with Crippen molar-refractivity contribution in [2.75, 3.05) is 13.2 Å². The Bertz CT molecular complexity index is 2350. The smallest absolute Gasteiger partial charge is 0.119 e. The zero-order chi connectivity index (χ0) is 32.3. The van der Waals surface area contributed by atoms with E-state index < -0.39 is 0 Å². The first-order valence-corrected chi connectivity index (χ1v) is 17.0. The summed E-state index contributed by atoms with van der Waals surface area (Å²) in [6.07, 6.45) is 0.782. The first-order valence-electron chi connectivity index (χ1n) is 17.0. The average Bonchev–Trinajstić information content (AvgIpc) is 3.65. The van der Waals surface area contributed by atoms with Crippen LogP contribution in [0.1, 0.15) is 28.7 Å². The van der Waals surface area contributed by atoms with Crippen molar-refractivity contribution in [3.63, 3.8) is 0 Å². The minimum Gasteiger partial charge on any atom is -0.493 e. The van der Waals surface area contributed by atoms with Crippen LogP contribution in [0.25, 0.3) is 55.0 Å². The Morgan fingerprint density at radius 1 is 0.429 bits per heavy atom. The van der Waals surface area contributed by atoms with Crippen molar-refractivity contribution in [3.8, 4) is 22.9 Å². The van der Waals surface area contributed by atoms with Crippen molar-refractivity contribution >= 4 is 43.6 Å². The van der Waals surface area contributed by atoms with Crippen LogP contribution in [0.4, 0.5) is 0 Å². The number of hydrogen-bond donors (Lipinski definition) is 0. The van der Waals surface area contributed by atoms with Crippen LogP contribution in [0.5, 0.6) is 11.5 Å². The molecule has 8 aromatic rings. The van der Waals surface area contributed by atoms with Gasteiger partial charge < -0.3 is 28.1 Å². The van der Waals surface area contributed by atoms with Crippen LogP contribution in [0.15, 0.2) is 121 Å². The Morgan fingerprint density at radius 2 is 0.898 bits per heavy atom. The van der Waals surface area contributed by atoms with Crippen molar-refractivity contribution in [3.05, 3.63) is 144 Å². The molecular formula is C43H34N2O4. The van der Waals surface area contributed by atoms with Gasteiger partial charge in [0.15, 0.2) is 0 Å². The third-order valence-corrected chi connectivity index (χ3v) is 9.94. The number of rotatable bonds is 0. The highest BCUT2D eigenvalue weighted by Gasteiger charge is 2.19. The summed E-state index contributed by atoms with van der Waals surface area (Å²) in [7, 11) is 0. The molecule has 49 heavy (non-hydrogen) atoms. The Morgan fingerprint density at radius 3 is 1.39 bits per heavy atom. The lowest BCUT2D eigenvalue weighted by atomic mass is 10.1. The molecule has 0 aliphatic carbocycles. The van der Waals surface area contributed by atoms with Crippen molar-refractivity contribution in [1.82, 2.24) is 9.13 Å². The second-order valence-electron chi connectivity index (χ2n) is 13.0. The molecule has 0 fully saturated rings. The molecule has 0 saturated carbocycles. The van der Waals surface area contributed by atoms with Crippen LogP contribution in [-0.4, -0.2) is 22.3 Å². The van der Waals surface area contributed by atoms with Gasteiger partial charge in [-0.05, 0) is 83.9 Å². The van der Waals surface area contributed by atoms with Gasteiger partial charge in [0, 0.05) is 50.5 Å². The molecule has 5 aliphatic rings. The normalized spacial score (nSPS) is 14.9. The number of hydrogen-bond acceptors (Lipinski definition) is 4. The molecule has 13 rings (SSSR count). The molecule has 2 aromatic heterocycles. The first kappa shape index (κ1) is 28.5. The molecule has 0 spiro atoms. The van der Waals surface area contributed by atoms with Gasteiger partial charge in [0.05, 0.1) is 61.7 Å². The lowest BCUT2D eigenvalue weighted by Crippen LogP contribution is -2.05. The molecule has 0 radical (unpaired) electrons. The highest BCUT2D eigenvalue weighted by atomic mass is 16.5. The van der Waals surface area contributed by atoms with Gasteiger partial charge in [-0.2, -0.15) is 0 Å². The predicted octanol–water partition coefficient (Wildman–Crippen LogP) is 9.79. The molecule has 0 atom stereocenters. The van der Waals surface area contributed by atoms with E-state index in [0.29, 0.717) is 39.6 Å². The van der Waals surface area contributed by atoms with E-state index in [1.54, 1.807) is 0 Å². The molecule has 0 saturated heterocycles. The van der Waals surface area contributed by atoms with Crippen LogP contribution < -0.4 is 9.47 Å². The van der Waals surface area contributed by atoms with Gasteiger partial charge >= 0.3 is 0 Å². The number of benzene rings is 6. The minimum atomic E-state index is 0.470. The minimum absolute atomic E-state index is 0.470. The molecule has 240 valence electrons. The third-order valence-electron chi connectivity index (χ3n) is 9.94. The average molecular weight is 643 g/mol. The van der Waals surface area contributed by atoms with Gasteiger partial charge in [-0.25, -0.2) is 0 Å². The maximum Gasteiger partial charge on any atom is 0.119 e. The molecule has 6 nitrogen and oxygen atoms in total. The highest BCUT2D eigenvalue weighted by Crippen LogP contribution is 2.38. The van der Waals surface area contributed by atoms with Gasteiger partial charge in [0.25, 0.3) is 0 Å². The van der Waals surface area contributed by atoms with Gasteiger partial charge in [0.2, 0.25) is 0 Å². The van der Waals surface area contributed by atoms with Crippen molar-refractivity contribution in [2.24, 2.45) is 0 Å². The molecule has 0 unspecified atom stereocenters. The van der Waals surface area contributed by atoms with Crippen LogP contribution in [0.2, 0.25) is 0 Å². The van der Waals surface area contributed by atoms with Crippen molar-refractivity contribution < 1.29 is 18.9 Å². The second-order valence-corrected chi connectivity index (χ2v) is 13.0. The zero-order valence-electron chi connectivity index (χ0n) is 27.0. The standard InChI is InChI=1S/C43H34N2O4/c1-4-30-26-47-27-31-5-2-7-37-39-23-29-9-19-41(39)45(43(31)37)33-12-16-35(17-13-33)49-21-3-20-48-34-14-10-32(11-15-34)44-40-18-8-28(24-46-25-29)22-38(40)36(6-1)42(30)44/h1-2,4-19,22-23H,3,20-21,24-27H2. The van der Waals surface area contributed by atoms with E-state index in [0.717, 1.165) is 73.6 Å². The lowest BCUT2D eigenvalue weighted by Gasteiger charge is -2.15. The summed E-state index contributed by atoms with van der Waals surface area (Å²) >= 11 is 0. The van der Waals surface area contributed by atoms with E-state index in [4.69, 9.17) is 18.9 Å². The molecule has 7 heterocycles. The zero-order valence-corrected chi connectivity index (χ0v) is 27.0. The van der Waals surface area contributed by atoms with E-state index >= 15 is 0 Å². The summed E-state index contributed by atoms with van der Waals surface area (Å²) in [6, 6.07) is 43.4. The summed E-state index contributed by atoms with van der Waals surface area (Å²) in [4.78, 5) is 0. The fourth-order valence-corrected chi connectivity index (χ4v) is 7.70. The van der Waals surface area contributed by atoms with Gasteiger partial charge in [-0.15, -0.1) is 0 Å². The van der Waals surface area contributed by atoms with Crippen LogP contribution in [-0.2, 0) is 35.9 Å². The van der Waals surface area contributed by atoms with Crippen LogP contribution in [0.3, 0.4) is 0 Å². The second kappa shape index (κ2) is 11.5. The number of para-hydroxylation sites is 2. The monoisotopic (exact) mass is 642 g/mol. The molecule has 6 heteroatoms. The third kappa shape index (κ3) is 4.78. The quantitative estimate of drug-likeness (QED) is 0.165. The largest absolute Gasteiger partial charge is 0.493 e. The van der Waals surface area contributed by atoms with Gasteiger partial charge in [-0.3, -0.25) is 0 Å². The molecular weight excluding hydrogens is 608 g/mol. The fraction of sp³-hybridized carbons (Fsp3) is 0.163. The van der Waals surface area contributed by atoms with Crippen LogP contribution in [0, 0.1) is 0 Å². The molecule has 6 aromatic carbocycles. The summed E-state index contributed by atoms with van der Waals surface area (Å²) < 4.78 is 30.1. The predicted molar refractivity (Wildman–Crippen MR) is 194 cm³/mol. The molecule has 14 bridgehead atoms. The maximum absolute atomic E-state index is 6.68. The number of ether oxygens (including phenoxy) is 4. The number of fused-ring (bicyclic) bond motifs is 2. The SMILES string of the molecule is c1cc2c3c(c1)c1cc4ccc1n3-c1ccc(cc1)OCCCOc1ccc(cc1)-n1c3ccc(cc3c3cccc(c31)COC2)COC4. The van der Waals surface area contributed by atoms with Gasteiger partial charge in [-0.1, -0.05) is 48.5 Å². The Balaban J connectivity index is 1.22. The lowest BCUT2D eigenvalue weighted by molar-refractivity contribution is 0.107. The van der Waals surface area contributed by atoms with Gasteiger partial charge in [0.1, 0.15) is 11.5 Å². The van der Waals surface area contributed by atoms with E-state index in [1.807, 2.05) is 0 Å². The molecule has 0 N–H and O–H groups in total. The topological polar surface area (TPSA) is 46.8 Å². The van der Waals surface area contributed by atoms with E-state index in [1.165, 1.54) is 21.5 Å². The van der Waals surface area contributed by atoms with Crippen molar-refractivity contribution in [2.45, 2.75) is 32.8 Å².